The van der Waals surface area contributed by atoms with Gasteiger partial charge in [-0.25, -0.2) is 24.8 Å². The van der Waals surface area contributed by atoms with Gasteiger partial charge < -0.3 is 10.6 Å². The summed E-state index contributed by atoms with van der Waals surface area (Å²) in [6.07, 6.45) is 5.53. The summed E-state index contributed by atoms with van der Waals surface area (Å²) in [4.78, 5) is 40.0. The lowest BCUT2D eigenvalue weighted by Crippen LogP contribution is -2.56. The number of aliphatic imine (C=N–C) groups is 4. The molecule has 0 radical (unpaired) electrons. The summed E-state index contributed by atoms with van der Waals surface area (Å²) in [5, 5.41) is 6.30. The highest BCUT2D eigenvalue weighted by molar-refractivity contribution is 8.00. The van der Waals surface area contributed by atoms with Crippen molar-refractivity contribution in [3.05, 3.63) is 0 Å². The summed E-state index contributed by atoms with van der Waals surface area (Å²) < 4.78 is 0. The second-order valence-electron chi connectivity index (χ2n) is 6.48. The number of nitrogens with zero attached hydrogens (tertiary/aromatic N) is 4. The topological polar surface area (TPSA) is 134 Å². The third-order valence-corrected chi connectivity index (χ3v) is 6.40. The van der Waals surface area contributed by atoms with Crippen molar-refractivity contribution in [2.45, 2.75) is 48.7 Å². The molecule has 0 saturated carbocycles. The Morgan fingerprint density at radius 2 is 2.20 bits per heavy atom. The normalized spacial score (nSPS) is 34.9. The van der Waals surface area contributed by atoms with Gasteiger partial charge in [0.25, 0.3) is 0 Å². The maximum Gasteiger partial charge on any atom is 0.315 e. The molecule has 4 aliphatic rings. The van der Waals surface area contributed by atoms with Gasteiger partial charge in [-0.2, -0.15) is 11.8 Å². The molecule has 0 aromatic heterocycles. The number of carbonyl (C=O) groups excluding carboxylic acids is 2. The molecule has 1 unspecified atom stereocenters. The molecular weight excluding hydrogens is 342 g/mol. The van der Waals surface area contributed by atoms with E-state index in [0.717, 1.165) is 25.0 Å². The Morgan fingerprint density at radius 1 is 1.32 bits per heavy atom. The van der Waals surface area contributed by atoms with Gasteiger partial charge in [0.15, 0.2) is 11.6 Å². The van der Waals surface area contributed by atoms with E-state index in [1.165, 1.54) is 12.7 Å². The van der Waals surface area contributed by atoms with Gasteiger partial charge in [0.1, 0.15) is 18.4 Å². The number of Topliss-reactive ketones (excluding diaryl/α,β-unsaturated/α-hetero) is 1. The van der Waals surface area contributed by atoms with Crippen LogP contribution >= 0.6 is 11.8 Å². The first kappa shape index (κ1) is 16.4. The van der Waals surface area contributed by atoms with Gasteiger partial charge in [0.2, 0.25) is 5.66 Å². The number of urea groups is 1. The predicted octanol–water partition coefficient (Wildman–Crippen LogP) is -0.140. The third kappa shape index (κ3) is 2.89. The minimum absolute atomic E-state index is 0.0762. The van der Waals surface area contributed by atoms with Gasteiger partial charge in [-0.1, -0.05) is 6.42 Å². The lowest BCUT2D eigenvalue weighted by molar-refractivity contribution is -0.121. The number of nitrogens with one attached hydrogen (secondary N) is 2. The fourth-order valence-corrected chi connectivity index (χ4v) is 5.07. The second-order valence-corrected chi connectivity index (χ2v) is 7.75. The van der Waals surface area contributed by atoms with Crippen LogP contribution in [-0.4, -0.2) is 64.8 Å². The number of amides is 2. The SMILES string of the molecule is NC1(C(=O)CCCC[C@@H]2SC[C@@H]3NC(=O)N[C@@H]32)N=CN=C2N=CN=C21. The van der Waals surface area contributed by atoms with E-state index >= 15 is 0 Å². The molecule has 4 aliphatic heterocycles. The smallest absolute Gasteiger partial charge is 0.315 e. The molecule has 2 amide bonds. The van der Waals surface area contributed by atoms with Crippen molar-refractivity contribution in [1.29, 1.82) is 0 Å². The Balaban J connectivity index is 1.27. The maximum absolute atomic E-state index is 12.6. The van der Waals surface area contributed by atoms with E-state index in [1.807, 2.05) is 11.8 Å². The van der Waals surface area contributed by atoms with Crippen LogP contribution in [0, 0.1) is 0 Å². The molecule has 10 heteroatoms. The average molecular weight is 361 g/mol. The minimum Gasteiger partial charge on any atom is -0.332 e. The molecule has 4 atom stereocenters. The van der Waals surface area contributed by atoms with E-state index in [0.29, 0.717) is 23.2 Å². The van der Waals surface area contributed by atoms with Gasteiger partial charge in [-0.15, -0.1) is 0 Å². The third-order valence-electron chi connectivity index (χ3n) is 4.89. The molecule has 0 bridgehead atoms. The van der Waals surface area contributed by atoms with Crippen molar-refractivity contribution in [2.24, 2.45) is 25.7 Å². The Hall–Kier alpha value is -2.07. The van der Waals surface area contributed by atoms with E-state index in [4.69, 9.17) is 5.73 Å². The molecule has 25 heavy (non-hydrogen) atoms. The summed E-state index contributed by atoms with van der Waals surface area (Å²) in [5.74, 6) is 1.13. The Labute approximate surface area is 148 Å². The van der Waals surface area contributed by atoms with Crippen LogP contribution in [0.5, 0.6) is 0 Å². The summed E-state index contributed by atoms with van der Waals surface area (Å²) in [5.41, 5.74) is 5.04. The van der Waals surface area contributed by atoms with Crippen molar-refractivity contribution in [1.82, 2.24) is 10.6 Å². The Kier molecular flexibility index (Phi) is 4.16. The number of rotatable bonds is 6. The molecule has 4 N–H and O–H groups in total. The van der Waals surface area contributed by atoms with Crippen molar-refractivity contribution in [3.8, 4) is 0 Å². The molecule has 9 nitrogen and oxygen atoms in total. The number of amidine groups is 1. The van der Waals surface area contributed by atoms with E-state index in [-0.39, 0.29) is 23.9 Å². The van der Waals surface area contributed by atoms with E-state index < -0.39 is 5.66 Å². The number of thioether (sulfide) groups is 1. The predicted molar refractivity (Wildman–Crippen MR) is 97.7 cm³/mol. The quantitative estimate of drug-likeness (QED) is 0.448. The molecule has 0 spiro atoms. The fraction of sp³-hybridized carbons (Fsp3) is 0.600. The number of nitrogens with two attached hydrogens (primary N) is 1. The van der Waals surface area contributed by atoms with Crippen LogP contribution < -0.4 is 16.4 Å². The number of unbranched alkanes of at least 4 members (excludes halogenated alkanes) is 1. The zero-order chi connectivity index (χ0) is 17.4. The summed E-state index contributed by atoms with van der Waals surface area (Å²) in [6.45, 7) is 0. The van der Waals surface area contributed by atoms with Gasteiger partial charge in [-0.3, -0.25) is 10.5 Å². The van der Waals surface area contributed by atoms with Gasteiger partial charge in [0, 0.05) is 17.4 Å². The number of hydrogen-bond acceptors (Lipinski definition) is 8. The largest absolute Gasteiger partial charge is 0.332 e. The number of hydrogen-bond donors (Lipinski definition) is 3. The first-order valence-corrected chi connectivity index (χ1v) is 9.36. The van der Waals surface area contributed by atoms with E-state index in [1.54, 1.807) is 0 Å². The number of carbonyl (C=O) groups is 2. The van der Waals surface area contributed by atoms with Gasteiger partial charge >= 0.3 is 6.03 Å². The summed E-state index contributed by atoms with van der Waals surface area (Å²) in [7, 11) is 0. The van der Waals surface area contributed by atoms with Crippen LogP contribution in [-0.2, 0) is 4.79 Å². The molecule has 4 heterocycles. The van der Waals surface area contributed by atoms with Crippen LogP contribution in [0.25, 0.3) is 0 Å². The van der Waals surface area contributed by atoms with Gasteiger partial charge in [-0.05, 0) is 12.8 Å². The lowest BCUT2D eigenvalue weighted by atomic mass is 9.93. The molecule has 0 aliphatic carbocycles. The molecule has 2 fully saturated rings. The van der Waals surface area contributed by atoms with Crippen molar-refractivity contribution < 1.29 is 9.59 Å². The highest BCUT2D eigenvalue weighted by atomic mass is 32.2. The molecule has 2 saturated heterocycles. The minimum atomic E-state index is -1.47. The van der Waals surface area contributed by atoms with Crippen LogP contribution in [0.1, 0.15) is 25.7 Å². The molecule has 4 rings (SSSR count). The zero-order valence-corrected chi connectivity index (χ0v) is 14.3. The monoisotopic (exact) mass is 361 g/mol. The molecule has 0 aromatic carbocycles. The zero-order valence-electron chi connectivity index (χ0n) is 13.5. The number of fused-ring (bicyclic) bond motifs is 2. The molecule has 132 valence electrons. The first-order valence-electron chi connectivity index (χ1n) is 8.31. The second kappa shape index (κ2) is 6.34. The van der Waals surface area contributed by atoms with Crippen LogP contribution in [0.15, 0.2) is 20.0 Å². The van der Waals surface area contributed by atoms with Crippen molar-refractivity contribution >= 4 is 47.8 Å². The summed E-state index contributed by atoms with van der Waals surface area (Å²) in [6, 6.07) is 0.347. The average Bonchev–Trinajstić information content (AvgIpc) is 3.28. The van der Waals surface area contributed by atoms with Crippen LogP contribution in [0.4, 0.5) is 4.79 Å². The Morgan fingerprint density at radius 3 is 3.08 bits per heavy atom. The lowest BCUT2D eigenvalue weighted by Gasteiger charge is -2.25. The van der Waals surface area contributed by atoms with Crippen molar-refractivity contribution in [2.75, 3.05) is 5.75 Å². The number of ketones is 1. The highest BCUT2D eigenvalue weighted by Gasteiger charge is 2.44. The maximum atomic E-state index is 12.6. The summed E-state index contributed by atoms with van der Waals surface area (Å²) >= 11 is 1.87. The van der Waals surface area contributed by atoms with Crippen LogP contribution in [0.2, 0.25) is 0 Å². The molecular formula is C15H19N7O2S. The molecule has 0 aromatic rings. The van der Waals surface area contributed by atoms with E-state index in [2.05, 4.69) is 30.6 Å². The fourth-order valence-electron chi connectivity index (χ4n) is 3.53. The van der Waals surface area contributed by atoms with Crippen LogP contribution in [0.3, 0.4) is 0 Å². The van der Waals surface area contributed by atoms with E-state index in [9.17, 15) is 9.59 Å². The van der Waals surface area contributed by atoms with Gasteiger partial charge in [0.05, 0.1) is 12.1 Å². The first-order chi connectivity index (χ1) is 12.1. The Bertz CT molecular complexity index is 731. The highest BCUT2D eigenvalue weighted by Crippen LogP contribution is 2.33. The van der Waals surface area contributed by atoms with Crippen molar-refractivity contribution in [3.63, 3.8) is 0 Å². The standard InChI is InChI=1S/C15H19N7O2S/c16-15(12-13(18-6-17-12)19-7-20-15)10(23)4-2-1-3-9-11-8(5-25-9)21-14(24)22-11/h6-9,11H,1-5,16H2,(H2,21,22,24)/t8-,9-,11-,15?/m0/s1.